The lowest BCUT2D eigenvalue weighted by molar-refractivity contribution is -0.142. The molecule has 1 fully saturated rings. The summed E-state index contributed by atoms with van der Waals surface area (Å²) < 4.78 is 0. The van der Waals surface area contributed by atoms with Gasteiger partial charge in [0.1, 0.15) is 6.04 Å². The molecule has 3 unspecified atom stereocenters. The van der Waals surface area contributed by atoms with Crippen molar-refractivity contribution in [3.63, 3.8) is 0 Å². The van der Waals surface area contributed by atoms with Crippen LogP contribution in [0, 0.1) is 11.8 Å². The fourth-order valence-corrected chi connectivity index (χ4v) is 2.48. The number of hydrogen-bond acceptors (Lipinski definition) is 2. The van der Waals surface area contributed by atoms with E-state index in [0.29, 0.717) is 5.92 Å². The van der Waals surface area contributed by atoms with Crippen LogP contribution in [0.4, 0.5) is 0 Å². The van der Waals surface area contributed by atoms with E-state index in [9.17, 15) is 4.79 Å². The second-order valence-electron chi connectivity index (χ2n) is 5.09. The van der Waals surface area contributed by atoms with E-state index < -0.39 is 5.97 Å². The Morgan fingerprint density at radius 1 is 1.53 bits per heavy atom. The maximum atomic E-state index is 10.8. The minimum atomic E-state index is -0.721. The zero-order chi connectivity index (χ0) is 11.4. The fourth-order valence-electron chi connectivity index (χ4n) is 2.48. The molecule has 1 aliphatic rings. The molecule has 0 amide bonds. The van der Waals surface area contributed by atoms with Crippen LogP contribution in [0.3, 0.4) is 0 Å². The van der Waals surface area contributed by atoms with E-state index in [1.165, 1.54) is 25.7 Å². The van der Waals surface area contributed by atoms with Gasteiger partial charge in [-0.15, -0.1) is 0 Å². The van der Waals surface area contributed by atoms with Gasteiger partial charge in [-0.2, -0.15) is 0 Å². The van der Waals surface area contributed by atoms with Crippen LogP contribution in [-0.4, -0.2) is 35.6 Å². The molecular formula is C12H23NO2. The van der Waals surface area contributed by atoms with Crippen LogP contribution in [0.15, 0.2) is 0 Å². The first-order valence-electron chi connectivity index (χ1n) is 5.93. The van der Waals surface area contributed by atoms with Crippen molar-refractivity contribution in [3.8, 4) is 0 Å². The number of aliphatic carboxylic acids is 1. The van der Waals surface area contributed by atoms with Gasteiger partial charge in [-0.25, -0.2) is 0 Å². The molecule has 3 nitrogen and oxygen atoms in total. The molecule has 0 bridgehead atoms. The number of hydrogen-bond donors (Lipinski definition) is 1. The highest BCUT2D eigenvalue weighted by Gasteiger charge is 2.23. The summed E-state index contributed by atoms with van der Waals surface area (Å²) in [7, 11) is 1.91. The van der Waals surface area contributed by atoms with Crippen molar-refractivity contribution in [2.75, 3.05) is 13.6 Å². The smallest absolute Gasteiger partial charge is 0.320 e. The van der Waals surface area contributed by atoms with Gasteiger partial charge in [0.25, 0.3) is 0 Å². The maximum Gasteiger partial charge on any atom is 0.320 e. The van der Waals surface area contributed by atoms with Gasteiger partial charge in [0.05, 0.1) is 0 Å². The molecule has 0 aromatic rings. The van der Waals surface area contributed by atoms with E-state index in [1.54, 1.807) is 6.92 Å². The molecule has 1 aliphatic carbocycles. The molecule has 1 rings (SSSR count). The van der Waals surface area contributed by atoms with Gasteiger partial charge in [-0.3, -0.25) is 9.69 Å². The zero-order valence-electron chi connectivity index (χ0n) is 10.1. The van der Waals surface area contributed by atoms with Crippen LogP contribution in [0.25, 0.3) is 0 Å². The first-order valence-corrected chi connectivity index (χ1v) is 5.93. The second-order valence-corrected chi connectivity index (χ2v) is 5.09. The Morgan fingerprint density at radius 3 is 2.73 bits per heavy atom. The molecular weight excluding hydrogens is 190 g/mol. The highest BCUT2D eigenvalue weighted by Crippen LogP contribution is 2.29. The molecule has 3 atom stereocenters. The number of nitrogens with zero attached hydrogens (tertiary/aromatic N) is 1. The summed E-state index contributed by atoms with van der Waals surface area (Å²) in [6, 6.07) is -0.359. The van der Waals surface area contributed by atoms with Gasteiger partial charge in [0.2, 0.25) is 0 Å². The quantitative estimate of drug-likeness (QED) is 0.778. The molecule has 88 valence electrons. The molecule has 1 N–H and O–H groups in total. The van der Waals surface area contributed by atoms with Crippen LogP contribution in [0.5, 0.6) is 0 Å². The third-order valence-corrected chi connectivity index (χ3v) is 3.61. The van der Waals surface area contributed by atoms with Gasteiger partial charge in [0, 0.05) is 6.54 Å². The molecule has 15 heavy (non-hydrogen) atoms. The summed E-state index contributed by atoms with van der Waals surface area (Å²) in [5.41, 5.74) is 0. The Kier molecular flexibility index (Phi) is 4.58. The predicted octanol–water partition coefficient (Wildman–Crippen LogP) is 2.22. The summed E-state index contributed by atoms with van der Waals surface area (Å²) in [4.78, 5) is 12.8. The zero-order valence-corrected chi connectivity index (χ0v) is 10.1. The van der Waals surface area contributed by atoms with E-state index in [4.69, 9.17) is 5.11 Å². The van der Waals surface area contributed by atoms with Crippen molar-refractivity contribution in [2.45, 2.75) is 45.6 Å². The molecule has 1 saturated carbocycles. The fraction of sp³-hybridized carbons (Fsp3) is 0.917. The van der Waals surface area contributed by atoms with Crippen LogP contribution < -0.4 is 0 Å². The Labute approximate surface area is 92.5 Å². The van der Waals surface area contributed by atoms with Crippen molar-refractivity contribution in [2.24, 2.45) is 11.8 Å². The lowest BCUT2D eigenvalue weighted by Crippen LogP contribution is -2.39. The summed E-state index contributed by atoms with van der Waals surface area (Å²) >= 11 is 0. The monoisotopic (exact) mass is 213 g/mol. The van der Waals surface area contributed by atoms with E-state index >= 15 is 0 Å². The molecule has 0 heterocycles. The van der Waals surface area contributed by atoms with Gasteiger partial charge in [-0.1, -0.05) is 19.8 Å². The van der Waals surface area contributed by atoms with Crippen LogP contribution >= 0.6 is 0 Å². The average molecular weight is 213 g/mol. The number of carboxylic acid groups (broad SMARTS) is 1. The third-order valence-electron chi connectivity index (χ3n) is 3.61. The minimum Gasteiger partial charge on any atom is -0.480 e. The van der Waals surface area contributed by atoms with Gasteiger partial charge in [-0.05, 0) is 38.6 Å². The number of likely N-dealkylation sites (N-methyl/N-ethyl adjacent to an activating group) is 1. The molecule has 0 aliphatic heterocycles. The van der Waals surface area contributed by atoms with E-state index in [2.05, 4.69) is 6.92 Å². The van der Waals surface area contributed by atoms with Crippen molar-refractivity contribution in [1.29, 1.82) is 0 Å². The molecule has 0 spiro atoms. The first kappa shape index (κ1) is 12.5. The standard InChI is InChI=1S/C12H23NO2/c1-9-5-4-6-11(7-9)8-13(3)10(2)12(14)15/h9-11H,4-8H2,1-3H3,(H,14,15). The minimum absolute atomic E-state index is 0.359. The first-order chi connectivity index (χ1) is 7.00. The normalized spacial score (nSPS) is 29.1. The van der Waals surface area contributed by atoms with Crippen molar-refractivity contribution < 1.29 is 9.90 Å². The number of carbonyl (C=O) groups is 1. The Bertz CT molecular complexity index is 218. The SMILES string of the molecule is CC1CCCC(CN(C)C(C)C(=O)O)C1. The second kappa shape index (κ2) is 5.50. The summed E-state index contributed by atoms with van der Waals surface area (Å²) in [6.45, 7) is 4.99. The maximum absolute atomic E-state index is 10.8. The third kappa shape index (κ3) is 3.82. The van der Waals surface area contributed by atoms with Crippen molar-refractivity contribution >= 4 is 5.97 Å². The highest BCUT2D eigenvalue weighted by atomic mass is 16.4. The number of rotatable bonds is 4. The molecule has 0 radical (unpaired) electrons. The summed E-state index contributed by atoms with van der Waals surface area (Å²) in [5.74, 6) is 0.791. The van der Waals surface area contributed by atoms with Gasteiger partial charge >= 0.3 is 5.97 Å². The Hall–Kier alpha value is -0.570. The average Bonchev–Trinajstić information content (AvgIpc) is 2.16. The lowest BCUT2D eigenvalue weighted by atomic mass is 9.82. The van der Waals surface area contributed by atoms with E-state index in [0.717, 1.165) is 12.5 Å². The molecule has 0 aromatic heterocycles. The van der Waals surface area contributed by atoms with Crippen LogP contribution in [0.2, 0.25) is 0 Å². The Morgan fingerprint density at radius 2 is 2.20 bits per heavy atom. The van der Waals surface area contributed by atoms with Gasteiger partial charge < -0.3 is 5.11 Å². The lowest BCUT2D eigenvalue weighted by Gasteiger charge is -2.31. The molecule has 0 aromatic carbocycles. The van der Waals surface area contributed by atoms with E-state index in [1.807, 2.05) is 11.9 Å². The molecule has 3 heteroatoms. The van der Waals surface area contributed by atoms with Gasteiger partial charge in [0.15, 0.2) is 0 Å². The van der Waals surface area contributed by atoms with Crippen LogP contribution in [0.1, 0.15) is 39.5 Å². The highest BCUT2D eigenvalue weighted by molar-refractivity contribution is 5.72. The molecule has 0 saturated heterocycles. The summed E-state index contributed by atoms with van der Waals surface area (Å²) in [5, 5.41) is 8.89. The van der Waals surface area contributed by atoms with Crippen LogP contribution in [-0.2, 0) is 4.79 Å². The van der Waals surface area contributed by atoms with Crippen molar-refractivity contribution in [3.05, 3.63) is 0 Å². The Balaban J connectivity index is 2.36. The number of carboxylic acids is 1. The predicted molar refractivity (Wildman–Crippen MR) is 60.8 cm³/mol. The van der Waals surface area contributed by atoms with Crippen molar-refractivity contribution in [1.82, 2.24) is 4.90 Å². The summed E-state index contributed by atoms with van der Waals surface area (Å²) in [6.07, 6.45) is 5.17. The van der Waals surface area contributed by atoms with E-state index in [-0.39, 0.29) is 6.04 Å². The largest absolute Gasteiger partial charge is 0.480 e. The topological polar surface area (TPSA) is 40.5 Å².